The van der Waals surface area contributed by atoms with Crippen molar-refractivity contribution in [3.8, 4) is 0 Å². The fourth-order valence-corrected chi connectivity index (χ4v) is 5.09. The Kier molecular flexibility index (Phi) is 9.19. The minimum atomic E-state index is -5.18. The molecule has 0 aromatic heterocycles. The summed E-state index contributed by atoms with van der Waals surface area (Å²) in [6.45, 7) is 6.03. The molecule has 37 heavy (non-hydrogen) atoms. The molecule has 3 amide bonds. The smallest absolute Gasteiger partial charge is 0.408 e. The van der Waals surface area contributed by atoms with Crippen molar-refractivity contribution in [3.05, 3.63) is 35.4 Å². The van der Waals surface area contributed by atoms with Crippen LogP contribution in [0.25, 0.3) is 0 Å². The summed E-state index contributed by atoms with van der Waals surface area (Å²) in [5, 5.41) is 17.7. The maximum absolute atomic E-state index is 13.1. The summed E-state index contributed by atoms with van der Waals surface area (Å²) in [6.07, 6.45) is 1.47. The number of amides is 3. The molecule has 1 unspecified atom stereocenters. The van der Waals surface area contributed by atoms with Gasteiger partial charge in [0.25, 0.3) is 0 Å². The van der Waals surface area contributed by atoms with E-state index in [4.69, 9.17) is 4.74 Å². The van der Waals surface area contributed by atoms with Crippen LogP contribution in [0.15, 0.2) is 24.3 Å². The second-order valence-corrected chi connectivity index (χ2v) is 12.0. The number of aryl methyl sites for hydroxylation is 1. The van der Waals surface area contributed by atoms with E-state index in [2.05, 4.69) is 16.0 Å². The molecule has 11 nitrogen and oxygen atoms in total. The standard InChI is InChI=1S/C25H37N3O8S/c1-15(2)12-19(28-24(32)36-25(9-10-25)14-17-6-4-16(3)5-7-17)22(30)27-20(23(31)37(33,34)35)13-18-8-11-26-21(18)29/h4-7,15,18-20,23,31H,8-14H2,1-3H3,(H,26,29)(H,27,30)(H,28,32)(H,33,34,35)/p-1/t18-,19-,20-,23?/m0/s1. The fraction of sp³-hybridized carbons (Fsp3) is 0.640. The van der Waals surface area contributed by atoms with Gasteiger partial charge in [-0.3, -0.25) is 9.59 Å². The Bertz CT molecular complexity index is 1090. The fourth-order valence-electron chi connectivity index (χ4n) is 4.51. The van der Waals surface area contributed by atoms with Crippen molar-refractivity contribution in [1.29, 1.82) is 0 Å². The molecule has 3 rings (SSSR count). The van der Waals surface area contributed by atoms with Gasteiger partial charge in [-0.05, 0) is 50.5 Å². The molecule has 0 radical (unpaired) electrons. The van der Waals surface area contributed by atoms with Gasteiger partial charge >= 0.3 is 6.09 Å². The molecule has 206 valence electrons. The van der Waals surface area contributed by atoms with Crippen LogP contribution in [0.1, 0.15) is 57.1 Å². The van der Waals surface area contributed by atoms with Crippen LogP contribution in [-0.4, -0.2) is 65.7 Å². The van der Waals surface area contributed by atoms with Crippen molar-refractivity contribution in [2.24, 2.45) is 11.8 Å². The molecule has 1 aliphatic carbocycles. The highest BCUT2D eigenvalue weighted by Gasteiger charge is 2.47. The van der Waals surface area contributed by atoms with Gasteiger partial charge in [0, 0.05) is 18.9 Å². The van der Waals surface area contributed by atoms with Gasteiger partial charge in [-0.2, -0.15) is 0 Å². The van der Waals surface area contributed by atoms with Crippen molar-refractivity contribution in [3.63, 3.8) is 0 Å². The third kappa shape index (κ3) is 8.41. The molecule has 1 aromatic rings. The highest BCUT2D eigenvalue weighted by molar-refractivity contribution is 7.86. The van der Waals surface area contributed by atoms with Gasteiger partial charge in [0.2, 0.25) is 11.8 Å². The van der Waals surface area contributed by atoms with Gasteiger partial charge in [-0.15, -0.1) is 0 Å². The molecule has 1 aliphatic heterocycles. The van der Waals surface area contributed by atoms with E-state index in [9.17, 15) is 32.5 Å². The summed E-state index contributed by atoms with van der Waals surface area (Å²) in [4.78, 5) is 37.9. The van der Waals surface area contributed by atoms with E-state index in [1.165, 1.54) is 0 Å². The molecule has 4 atom stereocenters. The van der Waals surface area contributed by atoms with Crippen molar-refractivity contribution in [1.82, 2.24) is 16.0 Å². The molecule has 0 bridgehead atoms. The third-order valence-electron chi connectivity index (χ3n) is 6.75. The van der Waals surface area contributed by atoms with Crippen LogP contribution < -0.4 is 16.0 Å². The maximum Gasteiger partial charge on any atom is 0.408 e. The molecule has 1 saturated carbocycles. The first-order valence-electron chi connectivity index (χ1n) is 12.5. The zero-order valence-corrected chi connectivity index (χ0v) is 22.2. The van der Waals surface area contributed by atoms with Crippen LogP contribution in [0, 0.1) is 18.8 Å². The summed E-state index contributed by atoms with van der Waals surface area (Å²) in [5.41, 5.74) is -0.945. The molecule has 2 fully saturated rings. The molecule has 4 N–H and O–H groups in total. The van der Waals surface area contributed by atoms with Crippen LogP contribution in [0.2, 0.25) is 0 Å². The summed E-state index contributed by atoms with van der Waals surface area (Å²) >= 11 is 0. The van der Waals surface area contributed by atoms with Crippen LogP contribution in [0.5, 0.6) is 0 Å². The Morgan fingerprint density at radius 2 is 1.86 bits per heavy atom. The van der Waals surface area contributed by atoms with Crippen LogP contribution in [0.3, 0.4) is 0 Å². The number of carbonyl (C=O) groups excluding carboxylic acids is 3. The van der Waals surface area contributed by atoms with E-state index in [0.717, 1.165) is 11.1 Å². The largest absolute Gasteiger partial charge is 0.746 e. The number of hydrogen-bond donors (Lipinski definition) is 4. The molecular formula is C25H36N3O8S-. The lowest BCUT2D eigenvalue weighted by Crippen LogP contribution is -2.55. The molecule has 1 saturated heterocycles. The molecule has 1 heterocycles. The van der Waals surface area contributed by atoms with Gasteiger partial charge in [0.05, 0.1) is 6.04 Å². The van der Waals surface area contributed by atoms with E-state index in [1.807, 2.05) is 45.0 Å². The lowest BCUT2D eigenvalue weighted by molar-refractivity contribution is -0.126. The third-order valence-corrected chi connectivity index (χ3v) is 7.67. The normalized spacial score (nSPS) is 21.0. The predicted molar refractivity (Wildman–Crippen MR) is 133 cm³/mol. The number of hydrogen-bond acceptors (Lipinski definition) is 8. The molecule has 1 aromatic carbocycles. The topological polar surface area (TPSA) is 174 Å². The predicted octanol–water partition coefficient (Wildman–Crippen LogP) is 1.09. The van der Waals surface area contributed by atoms with Crippen LogP contribution in [-0.2, 0) is 30.9 Å². The highest BCUT2D eigenvalue weighted by atomic mass is 32.2. The van der Waals surface area contributed by atoms with E-state index in [0.29, 0.717) is 32.2 Å². The van der Waals surface area contributed by atoms with Crippen LogP contribution >= 0.6 is 0 Å². The summed E-state index contributed by atoms with van der Waals surface area (Å²) < 4.78 is 40.3. The summed E-state index contributed by atoms with van der Waals surface area (Å²) in [6, 6.07) is 5.29. The van der Waals surface area contributed by atoms with E-state index in [-0.39, 0.29) is 24.7 Å². The van der Waals surface area contributed by atoms with Crippen molar-refractivity contribution in [2.45, 2.75) is 82.4 Å². The Morgan fingerprint density at radius 1 is 1.22 bits per heavy atom. The van der Waals surface area contributed by atoms with Gasteiger partial charge in [-0.25, -0.2) is 13.2 Å². The highest BCUT2D eigenvalue weighted by Crippen LogP contribution is 2.42. The molecule has 2 aliphatic rings. The number of nitrogens with one attached hydrogen (secondary N) is 3. The van der Waals surface area contributed by atoms with Gasteiger partial charge in [0.1, 0.15) is 21.8 Å². The summed E-state index contributed by atoms with van der Waals surface area (Å²) in [5.74, 6) is -1.83. The molecule has 0 spiro atoms. The Morgan fingerprint density at radius 3 is 2.38 bits per heavy atom. The Balaban J connectivity index is 1.67. The average Bonchev–Trinajstić information content (AvgIpc) is 3.42. The number of ether oxygens (including phenoxy) is 1. The first kappa shape index (κ1) is 28.9. The molecule has 12 heteroatoms. The monoisotopic (exact) mass is 538 g/mol. The quantitative estimate of drug-likeness (QED) is 0.286. The van der Waals surface area contributed by atoms with Crippen molar-refractivity contribution >= 4 is 28.0 Å². The Labute approximate surface area is 217 Å². The van der Waals surface area contributed by atoms with Gasteiger partial charge < -0.3 is 30.3 Å². The van der Waals surface area contributed by atoms with Gasteiger partial charge in [-0.1, -0.05) is 43.7 Å². The van der Waals surface area contributed by atoms with E-state index >= 15 is 0 Å². The zero-order chi connectivity index (χ0) is 27.4. The summed E-state index contributed by atoms with van der Waals surface area (Å²) in [7, 11) is -5.18. The van der Waals surface area contributed by atoms with E-state index < -0.39 is 51.2 Å². The first-order chi connectivity index (χ1) is 17.3. The van der Waals surface area contributed by atoms with E-state index in [1.54, 1.807) is 0 Å². The SMILES string of the molecule is Cc1ccc(CC2(OC(=O)N[C@@H](CC(C)C)C(=O)N[C@@H](C[C@@H]3CCNC3=O)C(O)S(=O)(=O)[O-])CC2)cc1. The number of aliphatic hydroxyl groups is 1. The number of aliphatic hydroxyl groups excluding tert-OH is 1. The van der Waals surface area contributed by atoms with Gasteiger partial charge in [0.15, 0.2) is 5.44 Å². The zero-order valence-electron chi connectivity index (χ0n) is 21.4. The number of alkyl carbamates (subject to hydrolysis) is 1. The second-order valence-electron chi connectivity index (χ2n) is 10.6. The molecular weight excluding hydrogens is 502 g/mol. The number of benzene rings is 1. The maximum atomic E-state index is 13.1. The average molecular weight is 539 g/mol. The minimum Gasteiger partial charge on any atom is -0.746 e. The van der Waals surface area contributed by atoms with Crippen molar-refractivity contribution in [2.75, 3.05) is 6.54 Å². The second kappa shape index (κ2) is 11.8. The Hall–Kier alpha value is -2.70. The number of carbonyl (C=O) groups is 3. The lowest BCUT2D eigenvalue weighted by Gasteiger charge is -2.30. The first-order valence-corrected chi connectivity index (χ1v) is 14.0. The lowest BCUT2D eigenvalue weighted by atomic mass is 9.97. The minimum absolute atomic E-state index is 0.0364. The van der Waals surface area contributed by atoms with Crippen molar-refractivity contribution < 1.29 is 37.2 Å². The number of rotatable bonds is 12. The van der Waals surface area contributed by atoms with Crippen LogP contribution in [0.4, 0.5) is 4.79 Å².